The summed E-state index contributed by atoms with van der Waals surface area (Å²) in [6.07, 6.45) is 1.19. The van der Waals surface area contributed by atoms with Crippen LogP contribution in [0.2, 0.25) is 0 Å². The van der Waals surface area contributed by atoms with Gasteiger partial charge in [0.1, 0.15) is 0 Å². The molecule has 2 heteroatoms. The van der Waals surface area contributed by atoms with Crippen molar-refractivity contribution in [2.75, 3.05) is 17.6 Å². The first-order chi connectivity index (χ1) is 6.75. The Hall–Kier alpha value is -0.630. The SMILES string of the molecule is CC(C)Cc1ccc2c(c1)SCCN2. The lowest BCUT2D eigenvalue weighted by Crippen LogP contribution is -2.10. The van der Waals surface area contributed by atoms with Gasteiger partial charge in [0.15, 0.2) is 0 Å². The minimum absolute atomic E-state index is 0.745. The molecule has 1 aromatic rings. The van der Waals surface area contributed by atoms with Crippen LogP contribution in [0, 0.1) is 5.92 Å². The summed E-state index contributed by atoms with van der Waals surface area (Å²) >= 11 is 1.97. The normalized spacial score (nSPS) is 15.1. The summed E-state index contributed by atoms with van der Waals surface area (Å²) in [6, 6.07) is 6.81. The second kappa shape index (κ2) is 4.26. The van der Waals surface area contributed by atoms with Crippen molar-refractivity contribution in [1.29, 1.82) is 0 Å². The Bertz CT molecular complexity index is 320. The van der Waals surface area contributed by atoms with Crippen LogP contribution in [0.1, 0.15) is 19.4 Å². The second-order valence-corrected chi connectivity index (χ2v) is 5.34. The first-order valence-electron chi connectivity index (χ1n) is 5.25. The van der Waals surface area contributed by atoms with E-state index in [1.807, 2.05) is 11.8 Å². The zero-order chi connectivity index (χ0) is 9.97. The maximum absolute atomic E-state index is 3.42. The molecule has 1 nitrogen and oxygen atoms in total. The van der Waals surface area contributed by atoms with E-state index in [9.17, 15) is 0 Å². The number of anilines is 1. The van der Waals surface area contributed by atoms with E-state index in [0.717, 1.165) is 12.5 Å². The fraction of sp³-hybridized carbons (Fsp3) is 0.500. The van der Waals surface area contributed by atoms with Gasteiger partial charge >= 0.3 is 0 Å². The lowest BCUT2D eigenvalue weighted by molar-refractivity contribution is 0.646. The first kappa shape index (κ1) is 9.91. The van der Waals surface area contributed by atoms with Gasteiger partial charge in [0, 0.05) is 22.9 Å². The molecule has 0 fully saturated rings. The monoisotopic (exact) mass is 207 g/mol. The van der Waals surface area contributed by atoms with E-state index in [1.54, 1.807) is 0 Å². The van der Waals surface area contributed by atoms with E-state index in [4.69, 9.17) is 0 Å². The van der Waals surface area contributed by atoms with Crippen molar-refractivity contribution in [3.63, 3.8) is 0 Å². The van der Waals surface area contributed by atoms with Gasteiger partial charge in [-0.15, -0.1) is 11.8 Å². The fourth-order valence-corrected chi connectivity index (χ4v) is 2.73. The summed E-state index contributed by atoms with van der Waals surface area (Å²) in [6.45, 7) is 5.64. The van der Waals surface area contributed by atoms with E-state index < -0.39 is 0 Å². The lowest BCUT2D eigenvalue weighted by Gasteiger charge is -2.18. The highest BCUT2D eigenvalue weighted by atomic mass is 32.2. The molecule has 0 atom stereocenters. The summed E-state index contributed by atoms with van der Waals surface area (Å²) in [4.78, 5) is 1.43. The average molecular weight is 207 g/mol. The van der Waals surface area contributed by atoms with Gasteiger partial charge in [0.05, 0.1) is 0 Å². The Morgan fingerprint density at radius 1 is 1.43 bits per heavy atom. The van der Waals surface area contributed by atoms with Crippen molar-refractivity contribution >= 4 is 17.4 Å². The van der Waals surface area contributed by atoms with Crippen LogP contribution in [-0.2, 0) is 6.42 Å². The Morgan fingerprint density at radius 3 is 3.07 bits per heavy atom. The van der Waals surface area contributed by atoms with Crippen molar-refractivity contribution in [2.24, 2.45) is 5.92 Å². The third-order valence-electron chi connectivity index (χ3n) is 2.37. The number of benzene rings is 1. The lowest BCUT2D eigenvalue weighted by atomic mass is 10.0. The average Bonchev–Trinajstić information content (AvgIpc) is 2.17. The summed E-state index contributed by atoms with van der Waals surface area (Å²) in [5, 5.41) is 3.42. The van der Waals surface area contributed by atoms with Gasteiger partial charge in [-0.1, -0.05) is 19.9 Å². The number of fused-ring (bicyclic) bond motifs is 1. The maximum Gasteiger partial charge on any atom is 0.0478 e. The van der Waals surface area contributed by atoms with E-state index in [1.165, 1.54) is 28.3 Å². The van der Waals surface area contributed by atoms with Crippen LogP contribution < -0.4 is 5.32 Å². The largest absolute Gasteiger partial charge is 0.383 e. The van der Waals surface area contributed by atoms with Crippen LogP contribution in [0.25, 0.3) is 0 Å². The molecular formula is C12H17NS. The van der Waals surface area contributed by atoms with Crippen LogP contribution in [0.4, 0.5) is 5.69 Å². The van der Waals surface area contributed by atoms with E-state index in [2.05, 4.69) is 37.4 Å². The zero-order valence-electron chi connectivity index (χ0n) is 8.84. The molecule has 0 radical (unpaired) electrons. The summed E-state index contributed by atoms with van der Waals surface area (Å²) in [5.74, 6) is 1.94. The minimum atomic E-state index is 0.745. The predicted octanol–water partition coefficient (Wildman–Crippen LogP) is 3.40. The molecular weight excluding hydrogens is 190 g/mol. The topological polar surface area (TPSA) is 12.0 Å². The quantitative estimate of drug-likeness (QED) is 0.797. The third kappa shape index (κ3) is 2.24. The Balaban J connectivity index is 2.20. The highest BCUT2D eigenvalue weighted by Crippen LogP contribution is 2.31. The standard InChI is InChI=1S/C12H17NS/c1-9(2)7-10-3-4-11-12(8-10)14-6-5-13-11/h3-4,8-9,13H,5-7H2,1-2H3. The zero-order valence-corrected chi connectivity index (χ0v) is 9.66. The highest BCUT2D eigenvalue weighted by Gasteiger charge is 2.09. The molecule has 14 heavy (non-hydrogen) atoms. The Morgan fingerprint density at radius 2 is 2.29 bits per heavy atom. The van der Waals surface area contributed by atoms with Gasteiger partial charge in [0.2, 0.25) is 0 Å². The number of rotatable bonds is 2. The number of hydrogen-bond donors (Lipinski definition) is 1. The Labute approximate surface area is 90.3 Å². The molecule has 1 N–H and O–H groups in total. The molecule has 0 spiro atoms. The van der Waals surface area contributed by atoms with Gasteiger partial charge in [-0.3, -0.25) is 0 Å². The predicted molar refractivity (Wildman–Crippen MR) is 64.2 cm³/mol. The van der Waals surface area contributed by atoms with Crippen molar-refractivity contribution in [3.05, 3.63) is 23.8 Å². The molecule has 0 aliphatic carbocycles. The molecule has 2 rings (SSSR count). The summed E-state index contributed by atoms with van der Waals surface area (Å²) in [5.41, 5.74) is 2.78. The maximum atomic E-state index is 3.42. The number of hydrogen-bond acceptors (Lipinski definition) is 2. The van der Waals surface area contributed by atoms with Crippen LogP contribution in [0.5, 0.6) is 0 Å². The van der Waals surface area contributed by atoms with Crippen LogP contribution in [-0.4, -0.2) is 12.3 Å². The van der Waals surface area contributed by atoms with Gasteiger partial charge in [-0.2, -0.15) is 0 Å². The third-order valence-corrected chi connectivity index (χ3v) is 3.42. The van der Waals surface area contributed by atoms with Gasteiger partial charge in [-0.25, -0.2) is 0 Å². The molecule has 1 heterocycles. The van der Waals surface area contributed by atoms with Crippen LogP contribution in [0.15, 0.2) is 23.1 Å². The molecule has 0 saturated heterocycles. The van der Waals surface area contributed by atoms with Gasteiger partial charge in [-0.05, 0) is 30.0 Å². The second-order valence-electron chi connectivity index (χ2n) is 4.20. The van der Waals surface area contributed by atoms with E-state index in [0.29, 0.717) is 0 Å². The first-order valence-corrected chi connectivity index (χ1v) is 6.24. The molecule has 0 aromatic heterocycles. The van der Waals surface area contributed by atoms with Crippen LogP contribution in [0.3, 0.4) is 0 Å². The van der Waals surface area contributed by atoms with Gasteiger partial charge in [0.25, 0.3) is 0 Å². The summed E-state index contributed by atoms with van der Waals surface area (Å²) < 4.78 is 0. The van der Waals surface area contributed by atoms with E-state index >= 15 is 0 Å². The molecule has 0 saturated carbocycles. The van der Waals surface area contributed by atoms with Crippen LogP contribution >= 0.6 is 11.8 Å². The number of nitrogens with one attached hydrogen (secondary N) is 1. The molecule has 0 bridgehead atoms. The number of thioether (sulfide) groups is 1. The van der Waals surface area contributed by atoms with Crippen molar-refractivity contribution < 1.29 is 0 Å². The van der Waals surface area contributed by atoms with E-state index in [-0.39, 0.29) is 0 Å². The fourth-order valence-electron chi connectivity index (χ4n) is 1.78. The van der Waals surface area contributed by atoms with Gasteiger partial charge < -0.3 is 5.32 Å². The Kier molecular flexibility index (Phi) is 3.02. The molecule has 1 aliphatic rings. The molecule has 76 valence electrons. The highest BCUT2D eigenvalue weighted by molar-refractivity contribution is 7.99. The van der Waals surface area contributed by atoms with Crippen molar-refractivity contribution in [1.82, 2.24) is 0 Å². The molecule has 1 aliphatic heterocycles. The smallest absolute Gasteiger partial charge is 0.0478 e. The molecule has 1 aromatic carbocycles. The van der Waals surface area contributed by atoms with Crippen molar-refractivity contribution in [3.8, 4) is 0 Å². The summed E-state index contributed by atoms with van der Waals surface area (Å²) in [7, 11) is 0. The van der Waals surface area contributed by atoms with Crippen molar-refractivity contribution in [2.45, 2.75) is 25.2 Å². The molecule has 0 amide bonds. The molecule has 0 unspecified atom stereocenters. The minimum Gasteiger partial charge on any atom is -0.383 e.